The lowest BCUT2D eigenvalue weighted by atomic mass is 9.99. The van der Waals surface area contributed by atoms with Gasteiger partial charge in [-0.05, 0) is 23.6 Å². The molecular formula is C17H14N4O2S. The van der Waals surface area contributed by atoms with E-state index in [9.17, 15) is 9.90 Å². The second-order valence-corrected chi connectivity index (χ2v) is 6.58. The minimum atomic E-state index is -0.122. The number of fused-ring (bicyclic) bond motifs is 3. The van der Waals surface area contributed by atoms with E-state index in [-0.39, 0.29) is 11.3 Å². The van der Waals surface area contributed by atoms with Crippen molar-refractivity contribution in [3.63, 3.8) is 0 Å². The Morgan fingerprint density at radius 1 is 1.17 bits per heavy atom. The van der Waals surface area contributed by atoms with Gasteiger partial charge in [-0.1, -0.05) is 0 Å². The lowest BCUT2D eigenvalue weighted by Crippen LogP contribution is -2.12. The lowest BCUT2D eigenvalue weighted by Gasteiger charge is -2.12. The van der Waals surface area contributed by atoms with Crippen LogP contribution in [-0.4, -0.2) is 34.2 Å². The van der Waals surface area contributed by atoms with Gasteiger partial charge >= 0.3 is 0 Å². The molecule has 0 atom stereocenters. The zero-order valence-corrected chi connectivity index (χ0v) is 13.9. The molecule has 6 nitrogen and oxygen atoms in total. The number of nitrogens with one attached hydrogen (secondary N) is 1. The number of rotatable bonds is 2. The van der Waals surface area contributed by atoms with Gasteiger partial charge in [0.05, 0.1) is 0 Å². The molecule has 0 fully saturated rings. The quantitative estimate of drug-likeness (QED) is 0.587. The molecule has 0 aliphatic rings. The van der Waals surface area contributed by atoms with Gasteiger partial charge in [0.1, 0.15) is 10.4 Å². The van der Waals surface area contributed by atoms with Crippen molar-refractivity contribution in [1.82, 2.24) is 15.0 Å². The number of phenolic OH excluding ortho intramolecular Hbond substituents is 1. The highest BCUT2D eigenvalue weighted by Gasteiger charge is 2.16. The zero-order valence-electron chi connectivity index (χ0n) is 13.1. The van der Waals surface area contributed by atoms with Crippen LogP contribution in [0.25, 0.3) is 32.1 Å². The van der Waals surface area contributed by atoms with Crippen molar-refractivity contribution < 1.29 is 5.11 Å². The first-order valence-corrected chi connectivity index (χ1v) is 8.19. The van der Waals surface area contributed by atoms with E-state index in [1.165, 1.54) is 11.3 Å². The van der Waals surface area contributed by atoms with Gasteiger partial charge in [-0.15, -0.1) is 11.3 Å². The summed E-state index contributed by atoms with van der Waals surface area (Å²) < 4.78 is 0.639. The number of aromatic amines is 1. The number of phenols is 1. The molecule has 1 aromatic carbocycles. The van der Waals surface area contributed by atoms with Crippen molar-refractivity contribution in [3.8, 4) is 16.9 Å². The first-order valence-electron chi connectivity index (χ1n) is 7.31. The van der Waals surface area contributed by atoms with Gasteiger partial charge in [0, 0.05) is 53.9 Å². The van der Waals surface area contributed by atoms with E-state index in [4.69, 9.17) is 0 Å². The van der Waals surface area contributed by atoms with Crippen LogP contribution < -0.4 is 10.5 Å². The average molecular weight is 338 g/mol. The molecule has 0 bridgehead atoms. The van der Waals surface area contributed by atoms with Crippen LogP contribution in [-0.2, 0) is 0 Å². The second kappa shape index (κ2) is 5.31. The second-order valence-electron chi connectivity index (χ2n) is 5.67. The number of anilines is 1. The van der Waals surface area contributed by atoms with E-state index in [0.717, 1.165) is 10.8 Å². The van der Waals surface area contributed by atoms with E-state index >= 15 is 0 Å². The van der Waals surface area contributed by atoms with Gasteiger partial charge in [0.25, 0.3) is 5.56 Å². The molecule has 2 N–H and O–H groups in total. The van der Waals surface area contributed by atoms with E-state index in [0.29, 0.717) is 27.3 Å². The third-order valence-electron chi connectivity index (χ3n) is 3.90. The Balaban J connectivity index is 2.09. The molecule has 120 valence electrons. The number of hydrogen-bond donors (Lipinski definition) is 2. The van der Waals surface area contributed by atoms with E-state index in [1.807, 2.05) is 25.5 Å². The molecule has 0 aliphatic carbocycles. The largest absolute Gasteiger partial charge is 0.507 e. The Bertz CT molecular complexity index is 1110. The van der Waals surface area contributed by atoms with Crippen molar-refractivity contribution in [2.24, 2.45) is 0 Å². The molecule has 0 saturated heterocycles. The lowest BCUT2D eigenvalue weighted by molar-refractivity contribution is 0.478. The number of pyridine rings is 1. The molecular weight excluding hydrogens is 324 g/mol. The first-order chi connectivity index (χ1) is 11.6. The van der Waals surface area contributed by atoms with Crippen LogP contribution in [0.2, 0.25) is 0 Å². The van der Waals surface area contributed by atoms with Gasteiger partial charge in [0.15, 0.2) is 0 Å². The predicted molar refractivity (Wildman–Crippen MR) is 97.0 cm³/mol. The Hall–Kier alpha value is -2.93. The molecule has 0 aliphatic heterocycles. The maximum Gasteiger partial charge on any atom is 0.266 e. The van der Waals surface area contributed by atoms with Crippen LogP contribution in [0.1, 0.15) is 0 Å². The van der Waals surface area contributed by atoms with Crippen LogP contribution >= 0.6 is 11.3 Å². The van der Waals surface area contributed by atoms with E-state index in [1.54, 1.807) is 29.4 Å². The molecule has 0 unspecified atom stereocenters. The maximum absolute atomic E-state index is 12.2. The fourth-order valence-corrected chi connectivity index (χ4v) is 3.61. The Kier molecular flexibility index (Phi) is 3.24. The summed E-state index contributed by atoms with van der Waals surface area (Å²) in [7, 11) is 3.73. The summed E-state index contributed by atoms with van der Waals surface area (Å²) in [4.78, 5) is 25.5. The average Bonchev–Trinajstić information content (AvgIpc) is 3.06. The fourth-order valence-electron chi connectivity index (χ4n) is 2.81. The molecule has 3 aromatic heterocycles. The summed E-state index contributed by atoms with van der Waals surface area (Å²) in [6.45, 7) is 0. The predicted octanol–water partition coefficient (Wildman–Crippen LogP) is 2.97. The minimum absolute atomic E-state index is 0.122. The third kappa shape index (κ3) is 2.13. The maximum atomic E-state index is 12.2. The molecule has 0 saturated carbocycles. The van der Waals surface area contributed by atoms with Crippen LogP contribution in [0.5, 0.6) is 5.75 Å². The SMILES string of the molecule is CN(C)c1ncc(-c2c(O)ccc3[nH]c(=O)c4sccc4c23)cn1. The molecule has 4 rings (SSSR count). The molecule has 0 spiro atoms. The van der Waals surface area contributed by atoms with Gasteiger partial charge in [-0.2, -0.15) is 0 Å². The number of hydrogen-bond acceptors (Lipinski definition) is 6. The fraction of sp³-hybridized carbons (Fsp3) is 0.118. The van der Waals surface area contributed by atoms with Crippen LogP contribution in [0, 0.1) is 0 Å². The smallest absolute Gasteiger partial charge is 0.266 e. The van der Waals surface area contributed by atoms with Crippen LogP contribution in [0.4, 0.5) is 5.95 Å². The number of H-pyrrole nitrogens is 1. The molecule has 0 amide bonds. The van der Waals surface area contributed by atoms with Gasteiger partial charge in [-0.25, -0.2) is 9.97 Å². The number of aromatic hydroxyl groups is 1. The summed E-state index contributed by atoms with van der Waals surface area (Å²) in [6.07, 6.45) is 3.36. The summed E-state index contributed by atoms with van der Waals surface area (Å²) in [6, 6.07) is 5.18. The van der Waals surface area contributed by atoms with Crippen LogP contribution in [0.15, 0.2) is 40.8 Å². The van der Waals surface area contributed by atoms with Crippen molar-refractivity contribution in [3.05, 3.63) is 46.3 Å². The Morgan fingerprint density at radius 3 is 2.62 bits per heavy atom. The molecule has 0 radical (unpaired) electrons. The Morgan fingerprint density at radius 2 is 1.92 bits per heavy atom. The third-order valence-corrected chi connectivity index (χ3v) is 4.81. The molecule has 7 heteroatoms. The topological polar surface area (TPSA) is 82.1 Å². The van der Waals surface area contributed by atoms with Crippen molar-refractivity contribution in [2.45, 2.75) is 0 Å². The highest BCUT2D eigenvalue weighted by Crippen LogP contribution is 2.39. The van der Waals surface area contributed by atoms with Crippen LogP contribution in [0.3, 0.4) is 0 Å². The summed E-state index contributed by atoms with van der Waals surface area (Å²) in [5.41, 5.74) is 1.87. The number of thiophene rings is 1. The highest BCUT2D eigenvalue weighted by atomic mass is 32.1. The van der Waals surface area contributed by atoms with E-state index in [2.05, 4.69) is 15.0 Å². The Labute approximate surface area is 141 Å². The number of nitrogens with zero attached hydrogens (tertiary/aromatic N) is 3. The standard InChI is InChI=1S/C17H14N4O2S/c1-21(2)17-18-7-9(8-19-17)13-12(22)4-3-11-14(13)10-5-6-24-15(10)16(23)20-11/h3-8,22H,1-2H3,(H,20,23). The molecule has 24 heavy (non-hydrogen) atoms. The molecule has 3 heterocycles. The normalized spacial score (nSPS) is 11.2. The monoisotopic (exact) mass is 338 g/mol. The van der Waals surface area contributed by atoms with Crippen molar-refractivity contribution in [2.75, 3.05) is 19.0 Å². The van der Waals surface area contributed by atoms with E-state index < -0.39 is 0 Å². The number of benzene rings is 1. The van der Waals surface area contributed by atoms with Crippen molar-refractivity contribution in [1.29, 1.82) is 0 Å². The van der Waals surface area contributed by atoms with Gasteiger partial charge in [-0.3, -0.25) is 4.79 Å². The summed E-state index contributed by atoms with van der Waals surface area (Å²) in [5, 5.41) is 13.9. The first kappa shape index (κ1) is 14.6. The number of aromatic nitrogens is 3. The van der Waals surface area contributed by atoms with Crippen molar-refractivity contribution >= 4 is 38.3 Å². The van der Waals surface area contributed by atoms with Gasteiger partial charge in [0.2, 0.25) is 5.95 Å². The summed E-state index contributed by atoms with van der Waals surface area (Å²) in [5.74, 6) is 0.718. The minimum Gasteiger partial charge on any atom is -0.507 e. The van der Waals surface area contributed by atoms with Gasteiger partial charge < -0.3 is 15.0 Å². The summed E-state index contributed by atoms with van der Waals surface area (Å²) >= 11 is 1.38. The molecule has 4 aromatic rings. The highest BCUT2D eigenvalue weighted by molar-refractivity contribution is 7.17. The zero-order chi connectivity index (χ0) is 16.8.